The molecule has 2 amide bonds. The van der Waals surface area contributed by atoms with Crippen LogP contribution in [0.5, 0.6) is 11.5 Å². The van der Waals surface area contributed by atoms with Gasteiger partial charge in [0.2, 0.25) is 5.75 Å². The van der Waals surface area contributed by atoms with Gasteiger partial charge in [0.15, 0.2) is 5.75 Å². The molecular weight excluding hydrogens is 510 g/mol. The van der Waals surface area contributed by atoms with E-state index in [4.69, 9.17) is 20.5 Å². The van der Waals surface area contributed by atoms with Crippen molar-refractivity contribution in [2.24, 2.45) is 0 Å². The quantitative estimate of drug-likeness (QED) is 0.288. The summed E-state index contributed by atoms with van der Waals surface area (Å²) in [4.78, 5) is 26.8. The van der Waals surface area contributed by atoms with Gasteiger partial charge in [-0.05, 0) is 60.2 Å². The van der Waals surface area contributed by atoms with Crippen LogP contribution in [-0.4, -0.2) is 31.6 Å². The molecule has 3 aromatic rings. The van der Waals surface area contributed by atoms with E-state index in [2.05, 4.69) is 0 Å². The molecule has 1 fully saturated rings. The molecule has 10 heteroatoms. The first-order valence-electron chi connectivity index (χ1n) is 10.4. The molecule has 1 aliphatic rings. The molecule has 180 valence electrons. The Morgan fingerprint density at radius 3 is 2.46 bits per heavy atom. The molecule has 7 nitrogen and oxygen atoms in total. The van der Waals surface area contributed by atoms with Crippen molar-refractivity contribution >= 4 is 50.7 Å². The highest BCUT2D eigenvalue weighted by molar-refractivity contribution is 8.18. The van der Waals surface area contributed by atoms with E-state index in [0.717, 1.165) is 22.9 Å². The zero-order valence-electron chi connectivity index (χ0n) is 18.7. The molecule has 1 saturated heterocycles. The van der Waals surface area contributed by atoms with Gasteiger partial charge in [0.1, 0.15) is 4.90 Å². The van der Waals surface area contributed by atoms with Crippen molar-refractivity contribution < 1.29 is 26.9 Å². The van der Waals surface area contributed by atoms with Gasteiger partial charge in [-0.1, -0.05) is 59.6 Å². The molecule has 1 heterocycles. The minimum Gasteiger partial charge on any atom is -0.493 e. The van der Waals surface area contributed by atoms with E-state index >= 15 is 0 Å². The fourth-order valence-corrected chi connectivity index (χ4v) is 5.55. The first-order chi connectivity index (χ1) is 16.7. The van der Waals surface area contributed by atoms with E-state index in [1.807, 2.05) is 31.2 Å². The Hall–Kier alpha value is -3.27. The standard InChI is InChI=1S/C25H20ClNO6S2/c1-16-7-6-8-17(11-16)15-27-24(28)22(34-25(27)29)14-18-12-20(26)23(21(13-18)32-2)33-35(30,31)19-9-4-3-5-10-19/h3-14H,15H2,1-2H3/b22-14-. The Kier molecular flexibility index (Phi) is 7.20. The zero-order chi connectivity index (χ0) is 25.2. The largest absolute Gasteiger partial charge is 0.493 e. The molecule has 1 aliphatic heterocycles. The predicted octanol–water partition coefficient (Wildman–Crippen LogP) is 5.66. The summed E-state index contributed by atoms with van der Waals surface area (Å²) in [5, 5.41) is -0.413. The normalized spacial score (nSPS) is 15.1. The zero-order valence-corrected chi connectivity index (χ0v) is 21.1. The van der Waals surface area contributed by atoms with Crippen molar-refractivity contribution in [2.45, 2.75) is 18.4 Å². The van der Waals surface area contributed by atoms with E-state index in [1.165, 1.54) is 42.4 Å². The summed E-state index contributed by atoms with van der Waals surface area (Å²) >= 11 is 7.16. The number of nitrogens with zero attached hydrogens (tertiary/aromatic N) is 1. The third-order valence-electron chi connectivity index (χ3n) is 5.07. The average Bonchev–Trinajstić information content (AvgIpc) is 3.08. The summed E-state index contributed by atoms with van der Waals surface area (Å²) in [5.74, 6) is -0.548. The Morgan fingerprint density at radius 1 is 1.03 bits per heavy atom. The Morgan fingerprint density at radius 2 is 1.77 bits per heavy atom. The van der Waals surface area contributed by atoms with Crippen LogP contribution in [0.4, 0.5) is 4.79 Å². The molecule has 0 N–H and O–H groups in total. The topological polar surface area (TPSA) is 90.0 Å². The summed E-state index contributed by atoms with van der Waals surface area (Å²) in [5.41, 5.74) is 2.32. The number of imide groups is 1. The summed E-state index contributed by atoms with van der Waals surface area (Å²) in [6, 6.07) is 18.1. The van der Waals surface area contributed by atoms with Gasteiger partial charge < -0.3 is 8.92 Å². The van der Waals surface area contributed by atoms with Gasteiger partial charge in [-0.15, -0.1) is 0 Å². The van der Waals surface area contributed by atoms with Crippen LogP contribution in [0.1, 0.15) is 16.7 Å². The number of thioether (sulfide) groups is 1. The summed E-state index contributed by atoms with van der Waals surface area (Å²) in [6.07, 6.45) is 1.50. The van der Waals surface area contributed by atoms with Crippen LogP contribution in [0.2, 0.25) is 5.02 Å². The fraction of sp³-hybridized carbons (Fsp3) is 0.120. The Labute approximate surface area is 212 Å². The molecule has 3 aromatic carbocycles. The van der Waals surface area contributed by atoms with Gasteiger partial charge in [-0.2, -0.15) is 8.42 Å². The number of aryl methyl sites for hydroxylation is 1. The highest BCUT2D eigenvalue weighted by atomic mass is 35.5. The maximum atomic E-state index is 12.9. The van der Waals surface area contributed by atoms with Crippen LogP contribution in [0.3, 0.4) is 0 Å². The SMILES string of the molecule is COc1cc(/C=C2\SC(=O)N(Cc3cccc(C)c3)C2=O)cc(Cl)c1OS(=O)(=O)c1ccccc1. The van der Waals surface area contributed by atoms with Crippen molar-refractivity contribution in [3.63, 3.8) is 0 Å². The van der Waals surface area contributed by atoms with Crippen molar-refractivity contribution in [3.8, 4) is 11.5 Å². The summed E-state index contributed by atoms with van der Waals surface area (Å²) in [7, 11) is -2.81. The minimum absolute atomic E-state index is 0.0332. The number of carbonyl (C=O) groups is 2. The molecule has 0 saturated carbocycles. The molecule has 0 aromatic heterocycles. The van der Waals surface area contributed by atoms with Crippen molar-refractivity contribution in [2.75, 3.05) is 7.11 Å². The van der Waals surface area contributed by atoms with Crippen molar-refractivity contribution in [3.05, 3.63) is 93.3 Å². The number of hydrogen-bond acceptors (Lipinski definition) is 7. The number of benzene rings is 3. The molecule has 35 heavy (non-hydrogen) atoms. The second-order valence-electron chi connectivity index (χ2n) is 7.64. The maximum absolute atomic E-state index is 12.9. The van der Waals surface area contributed by atoms with E-state index < -0.39 is 16.0 Å². The Bertz CT molecular complexity index is 1440. The van der Waals surface area contributed by atoms with Crippen LogP contribution >= 0.6 is 23.4 Å². The van der Waals surface area contributed by atoms with Crippen LogP contribution < -0.4 is 8.92 Å². The smallest absolute Gasteiger partial charge is 0.339 e. The third-order valence-corrected chi connectivity index (χ3v) is 7.49. The third kappa shape index (κ3) is 5.53. The van der Waals surface area contributed by atoms with Crippen molar-refractivity contribution in [1.82, 2.24) is 4.90 Å². The highest BCUT2D eigenvalue weighted by Crippen LogP contribution is 2.40. The number of amides is 2. The van der Waals surface area contributed by atoms with Crippen molar-refractivity contribution in [1.29, 1.82) is 0 Å². The molecule has 0 aliphatic carbocycles. The number of ether oxygens (including phenoxy) is 1. The van der Waals surface area contributed by atoms with E-state index in [9.17, 15) is 18.0 Å². The lowest BCUT2D eigenvalue weighted by Gasteiger charge is -2.14. The highest BCUT2D eigenvalue weighted by Gasteiger charge is 2.35. The first-order valence-corrected chi connectivity index (χ1v) is 13.0. The molecule has 0 bridgehead atoms. The molecule has 0 spiro atoms. The lowest BCUT2D eigenvalue weighted by Crippen LogP contribution is -2.27. The van der Waals surface area contributed by atoms with Gasteiger partial charge in [0.05, 0.1) is 23.6 Å². The lowest BCUT2D eigenvalue weighted by molar-refractivity contribution is -0.123. The Balaban J connectivity index is 1.60. The number of methoxy groups -OCH3 is 1. The number of rotatable bonds is 7. The number of hydrogen-bond donors (Lipinski definition) is 0. The molecule has 0 atom stereocenters. The summed E-state index contributed by atoms with van der Waals surface area (Å²) in [6.45, 7) is 2.10. The van der Waals surface area contributed by atoms with Crippen LogP contribution in [0.25, 0.3) is 6.08 Å². The van der Waals surface area contributed by atoms with Gasteiger partial charge in [-0.3, -0.25) is 14.5 Å². The number of halogens is 1. The maximum Gasteiger partial charge on any atom is 0.339 e. The van der Waals surface area contributed by atoms with Gasteiger partial charge in [0, 0.05) is 0 Å². The fourth-order valence-electron chi connectivity index (χ4n) is 3.43. The second-order valence-corrected chi connectivity index (χ2v) is 10.6. The number of carbonyl (C=O) groups excluding carboxylic acids is 2. The average molecular weight is 530 g/mol. The minimum atomic E-state index is -4.15. The van der Waals surface area contributed by atoms with Crippen LogP contribution in [0.15, 0.2) is 76.5 Å². The van der Waals surface area contributed by atoms with Crippen LogP contribution in [0, 0.1) is 6.92 Å². The lowest BCUT2D eigenvalue weighted by atomic mass is 10.1. The molecule has 0 unspecified atom stereocenters. The summed E-state index contributed by atoms with van der Waals surface area (Å²) < 4.78 is 35.8. The predicted molar refractivity (Wildman–Crippen MR) is 135 cm³/mol. The van der Waals surface area contributed by atoms with E-state index in [0.29, 0.717) is 5.56 Å². The van der Waals surface area contributed by atoms with E-state index in [-0.39, 0.29) is 38.1 Å². The second kappa shape index (κ2) is 10.2. The van der Waals surface area contributed by atoms with Gasteiger partial charge in [-0.25, -0.2) is 0 Å². The monoisotopic (exact) mass is 529 g/mol. The van der Waals surface area contributed by atoms with Gasteiger partial charge >= 0.3 is 10.1 Å². The first kappa shape index (κ1) is 24.8. The molecule has 0 radical (unpaired) electrons. The molecule has 4 rings (SSSR count). The van der Waals surface area contributed by atoms with E-state index in [1.54, 1.807) is 18.2 Å². The molecular formula is C25H20ClNO6S2. The van der Waals surface area contributed by atoms with Gasteiger partial charge in [0.25, 0.3) is 11.1 Å². The van der Waals surface area contributed by atoms with Crippen LogP contribution in [-0.2, 0) is 21.5 Å².